The number of benzene rings is 1. The molecule has 0 aliphatic heterocycles. The fourth-order valence-electron chi connectivity index (χ4n) is 1.58. The normalized spacial score (nSPS) is 11.8. The number of sulfonamides is 1. The summed E-state index contributed by atoms with van der Waals surface area (Å²) in [4.78, 5) is 0.179. The molecule has 0 fully saturated rings. The van der Waals surface area contributed by atoms with Crippen molar-refractivity contribution in [2.45, 2.75) is 24.8 Å². The van der Waals surface area contributed by atoms with E-state index in [-0.39, 0.29) is 10.9 Å². The molecule has 108 valence electrons. The molecular formula is C12H13Br2N3O2S. The molecule has 0 saturated carbocycles. The molecule has 0 amide bonds. The maximum atomic E-state index is 12.3. The number of hydrogen-bond acceptors (Lipinski definition) is 3. The second-order valence-corrected chi connectivity index (χ2v) is 7.90. The van der Waals surface area contributed by atoms with Gasteiger partial charge in [0.25, 0.3) is 10.0 Å². The minimum atomic E-state index is -3.64. The van der Waals surface area contributed by atoms with E-state index in [1.54, 1.807) is 23.0 Å². The van der Waals surface area contributed by atoms with Crippen molar-refractivity contribution in [3.63, 3.8) is 0 Å². The number of rotatable bonds is 4. The van der Waals surface area contributed by atoms with Crippen molar-refractivity contribution in [1.82, 2.24) is 9.78 Å². The van der Waals surface area contributed by atoms with Crippen LogP contribution in [0, 0.1) is 0 Å². The maximum absolute atomic E-state index is 12.3. The van der Waals surface area contributed by atoms with Gasteiger partial charge in [-0.25, -0.2) is 8.42 Å². The highest BCUT2D eigenvalue weighted by Crippen LogP contribution is 2.27. The van der Waals surface area contributed by atoms with Crippen molar-refractivity contribution >= 4 is 47.6 Å². The van der Waals surface area contributed by atoms with E-state index < -0.39 is 10.0 Å². The lowest BCUT2D eigenvalue weighted by atomic mass is 10.4. The van der Waals surface area contributed by atoms with Gasteiger partial charge in [-0.1, -0.05) is 15.9 Å². The Morgan fingerprint density at radius 1 is 1.30 bits per heavy atom. The third kappa shape index (κ3) is 3.42. The first-order valence-electron chi connectivity index (χ1n) is 5.81. The van der Waals surface area contributed by atoms with Gasteiger partial charge in [-0.3, -0.25) is 9.40 Å². The van der Waals surface area contributed by atoms with Crippen molar-refractivity contribution in [2.24, 2.45) is 0 Å². The largest absolute Gasteiger partial charge is 0.276 e. The van der Waals surface area contributed by atoms with Gasteiger partial charge in [-0.2, -0.15) is 5.10 Å². The number of halogens is 2. The molecule has 0 aliphatic rings. The van der Waals surface area contributed by atoms with Crippen molar-refractivity contribution in [2.75, 3.05) is 4.72 Å². The lowest BCUT2D eigenvalue weighted by molar-refractivity contribution is 0.532. The van der Waals surface area contributed by atoms with Crippen LogP contribution in [0.2, 0.25) is 0 Å². The molecule has 1 aromatic carbocycles. The molecule has 0 atom stereocenters. The molecule has 5 nitrogen and oxygen atoms in total. The topological polar surface area (TPSA) is 64.0 Å². The molecule has 2 aromatic rings. The highest BCUT2D eigenvalue weighted by Gasteiger charge is 2.18. The molecule has 0 spiro atoms. The van der Waals surface area contributed by atoms with Gasteiger partial charge in [0.05, 0.1) is 11.9 Å². The Balaban J connectivity index is 2.30. The summed E-state index contributed by atoms with van der Waals surface area (Å²) in [5, 5.41) is 4.10. The van der Waals surface area contributed by atoms with E-state index in [0.717, 1.165) is 4.47 Å². The molecule has 1 heterocycles. The summed E-state index contributed by atoms with van der Waals surface area (Å²) in [7, 11) is -3.64. The van der Waals surface area contributed by atoms with E-state index in [4.69, 9.17) is 0 Å². The van der Waals surface area contributed by atoms with E-state index in [1.807, 2.05) is 13.8 Å². The Kier molecular flexibility index (Phi) is 4.55. The number of aromatic nitrogens is 2. The van der Waals surface area contributed by atoms with Crippen LogP contribution < -0.4 is 4.72 Å². The standard InChI is InChI=1S/C12H13Br2N3O2S/c1-8(2)17-7-10(6-15-17)16-20(18,19)12-4-3-9(13)5-11(12)14/h3-8,16H,1-2H3. The monoisotopic (exact) mass is 421 g/mol. The lowest BCUT2D eigenvalue weighted by Crippen LogP contribution is -2.13. The molecular weight excluding hydrogens is 410 g/mol. The number of anilines is 1. The molecule has 8 heteroatoms. The maximum Gasteiger partial charge on any atom is 0.263 e. The predicted octanol–water partition coefficient (Wildman–Crippen LogP) is 3.79. The van der Waals surface area contributed by atoms with Crippen molar-refractivity contribution in [1.29, 1.82) is 0 Å². The first kappa shape index (κ1) is 15.5. The molecule has 0 saturated heterocycles. The van der Waals surface area contributed by atoms with Crippen LogP contribution in [0.3, 0.4) is 0 Å². The van der Waals surface area contributed by atoms with Gasteiger partial charge in [0.1, 0.15) is 4.90 Å². The SMILES string of the molecule is CC(C)n1cc(NS(=O)(=O)c2ccc(Br)cc2Br)cn1. The van der Waals surface area contributed by atoms with Crippen LogP contribution in [0.1, 0.15) is 19.9 Å². The highest BCUT2D eigenvalue weighted by molar-refractivity contribution is 9.11. The Hall–Kier alpha value is -0.860. The predicted molar refractivity (Wildman–Crippen MR) is 85.3 cm³/mol. The minimum absolute atomic E-state index is 0.174. The van der Waals surface area contributed by atoms with Gasteiger partial charge >= 0.3 is 0 Å². The van der Waals surface area contributed by atoms with Crippen LogP contribution in [-0.4, -0.2) is 18.2 Å². The van der Waals surface area contributed by atoms with Crippen molar-refractivity contribution in [3.05, 3.63) is 39.5 Å². The summed E-state index contributed by atoms with van der Waals surface area (Å²) >= 11 is 6.55. The van der Waals surface area contributed by atoms with E-state index >= 15 is 0 Å². The molecule has 1 aromatic heterocycles. The average Bonchev–Trinajstić information content (AvgIpc) is 2.76. The lowest BCUT2D eigenvalue weighted by Gasteiger charge is -2.08. The van der Waals surface area contributed by atoms with E-state index in [1.165, 1.54) is 12.3 Å². The van der Waals surface area contributed by atoms with E-state index in [0.29, 0.717) is 10.2 Å². The first-order valence-corrected chi connectivity index (χ1v) is 8.88. The second-order valence-electron chi connectivity index (χ2n) is 4.48. The van der Waals surface area contributed by atoms with E-state index in [2.05, 4.69) is 41.7 Å². The van der Waals surface area contributed by atoms with Gasteiger partial charge in [-0.05, 0) is 48.0 Å². The summed E-state index contributed by atoms with van der Waals surface area (Å²) in [5.41, 5.74) is 0.438. The minimum Gasteiger partial charge on any atom is -0.276 e. The highest BCUT2D eigenvalue weighted by atomic mass is 79.9. The molecule has 1 N–H and O–H groups in total. The smallest absolute Gasteiger partial charge is 0.263 e. The fourth-order valence-corrected chi connectivity index (χ4v) is 4.35. The third-order valence-corrected chi connectivity index (χ3v) is 5.42. The van der Waals surface area contributed by atoms with Crippen LogP contribution in [0.25, 0.3) is 0 Å². The molecule has 0 unspecified atom stereocenters. The Labute approximate surface area is 134 Å². The van der Waals surface area contributed by atoms with Crippen LogP contribution in [-0.2, 0) is 10.0 Å². The van der Waals surface area contributed by atoms with Crippen LogP contribution >= 0.6 is 31.9 Å². The molecule has 0 aliphatic carbocycles. The summed E-state index contributed by atoms with van der Waals surface area (Å²) < 4.78 is 30.1. The van der Waals surface area contributed by atoms with Crippen molar-refractivity contribution in [3.8, 4) is 0 Å². The van der Waals surface area contributed by atoms with Crippen LogP contribution in [0.5, 0.6) is 0 Å². The third-order valence-electron chi connectivity index (χ3n) is 2.57. The average molecular weight is 423 g/mol. The van der Waals surface area contributed by atoms with Crippen molar-refractivity contribution < 1.29 is 8.42 Å². The zero-order chi connectivity index (χ0) is 14.9. The van der Waals surface area contributed by atoms with Crippen LogP contribution in [0.15, 0.2) is 44.4 Å². The quantitative estimate of drug-likeness (QED) is 0.814. The number of nitrogens with one attached hydrogen (secondary N) is 1. The van der Waals surface area contributed by atoms with Gasteiger partial charge in [0.15, 0.2) is 0 Å². The summed E-state index contributed by atoms with van der Waals surface area (Å²) in [6.45, 7) is 3.94. The number of hydrogen-bond donors (Lipinski definition) is 1. The Bertz CT molecular complexity index is 726. The van der Waals surface area contributed by atoms with Gasteiger partial charge < -0.3 is 0 Å². The summed E-state index contributed by atoms with van der Waals surface area (Å²) in [5.74, 6) is 0. The van der Waals surface area contributed by atoms with Crippen LogP contribution in [0.4, 0.5) is 5.69 Å². The van der Waals surface area contributed by atoms with Gasteiger partial charge in [0.2, 0.25) is 0 Å². The van der Waals surface area contributed by atoms with E-state index in [9.17, 15) is 8.42 Å². The zero-order valence-corrected chi connectivity index (χ0v) is 14.8. The zero-order valence-electron chi connectivity index (χ0n) is 10.8. The summed E-state index contributed by atoms with van der Waals surface area (Å²) in [6, 6.07) is 5.07. The Morgan fingerprint density at radius 2 is 2.00 bits per heavy atom. The first-order chi connectivity index (χ1) is 9.29. The molecule has 20 heavy (non-hydrogen) atoms. The fraction of sp³-hybridized carbons (Fsp3) is 0.250. The molecule has 0 bridgehead atoms. The molecule has 2 rings (SSSR count). The second kappa shape index (κ2) is 5.87. The Morgan fingerprint density at radius 3 is 2.55 bits per heavy atom. The number of nitrogens with zero attached hydrogens (tertiary/aromatic N) is 2. The summed E-state index contributed by atoms with van der Waals surface area (Å²) in [6.07, 6.45) is 3.15. The van der Waals surface area contributed by atoms with Gasteiger partial charge in [-0.15, -0.1) is 0 Å². The molecule has 0 radical (unpaired) electrons. The van der Waals surface area contributed by atoms with Gasteiger partial charge in [0, 0.05) is 21.2 Å².